The molecule has 0 spiro atoms. The minimum absolute atomic E-state index is 0.0961. The van der Waals surface area contributed by atoms with E-state index in [2.05, 4.69) is 4.90 Å². The van der Waals surface area contributed by atoms with Crippen molar-refractivity contribution in [1.29, 1.82) is 0 Å². The number of carbonyl (C=O) groups is 1. The number of likely N-dealkylation sites (tertiary alicyclic amines) is 2. The first-order valence-corrected chi connectivity index (χ1v) is 9.63. The summed E-state index contributed by atoms with van der Waals surface area (Å²) in [6.45, 7) is 4.24. The second-order valence-corrected chi connectivity index (χ2v) is 7.65. The first-order chi connectivity index (χ1) is 13.1. The fraction of sp³-hybridized carbons (Fsp3) is 0.409. The van der Waals surface area contributed by atoms with Crippen molar-refractivity contribution in [2.75, 3.05) is 32.7 Å². The molecular weight excluding hydrogens is 346 g/mol. The number of halogens is 2. The molecule has 2 aliphatic rings. The molecule has 0 bridgehead atoms. The van der Waals surface area contributed by atoms with Gasteiger partial charge >= 0.3 is 0 Å². The van der Waals surface area contributed by atoms with Crippen LogP contribution in [0.1, 0.15) is 34.7 Å². The van der Waals surface area contributed by atoms with Crippen LogP contribution in [0.25, 0.3) is 0 Å². The Morgan fingerprint density at radius 2 is 1.67 bits per heavy atom. The van der Waals surface area contributed by atoms with Gasteiger partial charge in [0.25, 0.3) is 5.91 Å². The van der Waals surface area contributed by atoms with Gasteiger partial charge in [-0.25, -0.2) is 8.78 Å². The summed E-state index contributed by atoms with van der Waals surface area (Å²) in [5.41, 5.74) is 1.31. The van der Waals surface area contributed by atoms with Gasteiger partial charge in [0.2, 0.25) is 0 Å². The van der Waals surface area contributed by atoms with E-state index >= 15 is 0 Å². The lowest BCUT2D eigenvalue weighted by Gasteiger charge is -2.24. The van der Waals surface area contributed by atoms with Crippen LogP contribution in [-0.2, 0) is 0 Å². The van der Waals surface area contributed by atoms with E-state index in [0.29, 0.717) is 18.7 Å². The van der Waals surface area contributed by atoms with E-state index in [4.69, 9.17) is 0 Å². The molecule has 2 heterocycles. The number of amides is 1. The second-order valence-electron chi connectivity index (χ2n) is 7.65. The summed E-state index contributed by atoms with van der Waals surface area (Å²) >= 11 is 0. The van der Waals surface area contributed by atoms with E-state index in [1.807, 2.05) is 6.07 Å². The molecular formula is C22H24F2N2O. The molecule has 2 aromatic rings. The van der Waals surface area contributed by atoms with Crippen molar-refractivity contribution in [1.82, 2.24) is 9.80 Å². The molecule has 142 valence electrons. The summed E-state index contributed by atoms with van der Waals surface area (Å²) in [6.07, 6.45) is 2.42. The lowest BCUT2D eigenvalue weighted by Crippen LogP contribution is -2.32. The van der Waals surface area contributed by atoms with Crippen molar-refractivity contribution in [3.63, 3.8) is 0 Å². The van der Waals surface area contributed by atoms with Gasteiger partial charge in [0.1, 0.15) is 11.6 Å². The van der Waals surface area contributed by atoms with Crippen LogP contribution in [0.15, 0.2) is 48.5 Å². The molecule has 2 aromatic carbocycles. The van der Waals surface area contributed by atoms with E-state index in [-0.39, 0.29) is 23.6 Å². The van der Waals surface area contributed by atoms with E-state index in [1.54, 1.807) is 29.2 Å². The molecule has 5 heteroatoms. The highest BCUT2D eigenvalue weighted by molar-refractivity contribution is 5.94. The van der Waals surface area contributed by atoms with E-state index < -0.39 is 5.82 Å². The third-order valence-corrected chi connectivity index (χ3v) is 5.77. The van der Waals surface area contributed by atoms with Gasteiger partial charge in [0.15, 0.2) is 0 Å². The SMILES string of the molecule is O=C(c1cccc(F)c1)N1CC(CN2CCCC2)C(c2cccc(F)c2)C1. The van der Waals surface area contributed by atoms with Crippen LogP contribution in [0.2, 0.25) is 0 Å². The predicted molar refractivity (Wildman–Crippen MR) is 101 cm³/mol. The molecule has 1 amide bonds. The van der Waals surface area contributed by atoms with Crippen LogP contribution in [0.5, 0.6) is 0 Å². The minimum Gasteiger partial charge on any atom is -0.338 e. The monoisotopic (exact) mass is 370 g/mol. The van der Waals surface area contributed by atoms with Gasteiger partial charge < -0.3 is 9.80 Å². The van der Waals surface area contributed by atoms with Crippen LogP contribution in [0, 0.1) is 17.6 Å². The predicted octanol–water partition coefficient (Wildman–Crippen LogP) is 3.92. The molecule has 2 atom stereocenters. The minimum atomic E-state index is -0.407. The van der Waals surface area contributed by atoms with Crippen LogP contribution < -0.4 is 0 Å². The Morgan fingerprint density at radius 3 is 2.37 bits per heavy atom. The van der Waals surface area contributed by atoms with Crippen molar-refractivity contribution in [3.8, 4) is 0 Å². The lowest BCUT2D eigenvalue weighted by molar-refractivity contribution is 0.0783. The fourth-order valence-corrected chi connectivity index (χ4v) is 4.44. The normalized spacial score (nSPS) is 23.1. The average Bonchev–Trinajstić information content (AvgIpc) is 3.31. The third-order valence-electron chi connectivity index (χ3n) is 5.77. The molecule has 27 heavy (non-hydrogen) atoms. The molecule has 2 fully saturated rings. The molecule has 2 saturated heterocycles. The zero-order valence-corrected chi connectivity index (χ0v) is 15.3. The first-order valence-electron chi connectivity index (χ1n) is 9.63. The Morgan fingerprint density at radius 1 is 0.963 bits per heavy atom. The molecule has 0 saturated carbocycles. The maximum absolute atomic E-state index is 13.8. The number of benzene rings is 2. The van der Waals surface area contributed by atoms with Gasteiger partial charge in [-0.1, -0.05) is 18.2 Å². The largest absolute Gasteiger partial charge is 0.338 e. The Kier molecular flexibility index (Phi) is 5.21. The highest BCUT2D eigenvalue weighted by Gasteiger charge is 2.37. The summed E-state index contributed by atoms with van der Waals surface area (Å²) in [6, 6.07) is 12.5. The summed E-state index contributed by atoms with van der Waals surface area (Å²) in [5.74, 6) is -0.460. The van der Waals surface area contributed by atoms with Gasteiger partial charge in [-0.2, -0.15) is 0 Å². The molecule has 0 radical (unpaired) electrons. The van der Waals surface area contributed by atoms with Crippen LogP contribution in [-0.4, -0.2) is 48.4 Å². The number of rotatable bonds is 4. The van der Waals surface area contributed by atoms with Gasteiger partial charge in [0.05, 0.1) is 0 Å². The van der Waals surface area contributed by atoms with E-state index in [9.17, 15) is 13.6 Å². The van der Waals surface area contributed by atoms with Crippen LogP contribution in [0.3, 0.4) is 0 Å². The zero-order chi connectivity index (χ0) is 18.8. The standard InChI is InChI=1S/C22H24F2N2O/c23-19-7-3-5-16(11-19)21-15-26(14-18(21)13-25-9-1-2-10-25)22(27)17-6-4-8-20(24)12-17/h3-8,11-12,18,21H,1-2,9-10,13-15H2. The number of hydrogen-bond acceptors (Lipinski definition) is 2. The molecule has 2 aliphatic heterocycles. The summed E-state index contributed by atoms with van der Waals surface area (Å²) in [4.78, 5) is 17.1. The topological polar surface area (TPSA) is 23.6 Å². The van der Waals surface area contributed by atoms with Crippen molar-refractivity contribution in [2.45, 2.75) is 18.8 Å². The maximum atomic E-state index is 13.8. The Bertz CT molecular complexity index is 819. The zero-order valence-electron chi connectivity index (χ0n) is 15.3. The Balaban J connectivity index is 1.57. The number of hydrogen-bond donors (Lipinski definition) is 0. The fourth-order valence-electron chi connectivity index (χ4n) is 4.44. The average molecular weight is 370 g/mol. The van der Waals surface area contributed by atoms with E-state index in [0.717, 1.165) is 25.2 Å². The van der Waals surface area contributed by atoms with Gasteiger partial charge in [-0.15, -0.1) is 0 Å². The highest BCUT2D eigenvalue weighted by Crippen LogP contribution is 2.35. The molecule has 0 aliphatic carbocycles. The van der Waals surface area contributed by atoms with Crippen molar-refractivity contribution < 1.29 is 13.6 Å². The maximum Gasteiger partial charge on any atom is 0.253 e. The Labute approximate surface area is 158 Å². The quantitative estimate of drug-likeness (QED) is 0.815. The molecule has 2 unspecified atom stereocenters. The Hall–Kier alpha value is -2.27. The van der Waals surface area contributed by atoms with Gasteiger partial charge in [-0.05, 0) is 67.7 Å². The number of carbonyl (C=O) groups excluding carboxylic acids is 1. The van der Waals surface area contributed by atoms with Crippen LogP contribution >= 0.6 is 0 Å². The molecule has 4 rings (SSSR count). The molecule has 0 N–H and O–H groups in total. The summed E-state index contributed by atoms with van der Waals surface area (Å²) in [5, 5.41) is 0. The second kappa shape index (κ2) is 7.77. The van der Waals surface area contributed by atoms with Gasteiger partial charge in [-0.3, -0.25) is 4.79 Å². The van der Waals surface area contributed by atoms with Crippen molar-refractivity contribution in [2.24, 2.45) is 5.92 Å². The lowest BCUT2D eigenvalue weighted by atomic mass is 9.88. The van der Waals surface area contributed by atoms with Crippen molar-refractivity contribution in [3.05, 3.63) is 71.3 Å². The smallest absolute Gasteiger partial charge is 0.253 e. The highest BCUT2D eigenvalue weighted by atomic mass is 19.1. The van der Waals surface area contributed by atoms with Gasteiger partial charge in [0, 0.05) is 31.1 Å². The van der Waals surface area contributed by atoms with Crippen molar-refractivity contribution >= 4 is 5.91 Å². The summed E-state index contributed by atoms with van der Waals surface area (Å²) < 4.78 is 27.3. The summed E-state index contributed by atoms with van der Waals surface area (Å²) in [7, 11) is 0. The van der Waals surface area contributed by atoms with Crippen LogP contribution in [0.4, 0.5) is 8.78 Å². The number of nitrogens with zero attached hydrogens (tertiary/aromatic N) is 2. The molecule has 0 aromatic heterocycles. The molecule has 3 nitrogen and oxygen atoms in total. The third kappa shape index (κ3) is 4.03. The first kappa shape index (κ1) is 18.1. The van der Waals surface area contributed by atoms with E-state index in [1.165, 1.54) is 31.0 Å².